The van der Waals surface area contributed by atoms with Crippen LogP contribution in [-0.4, -0.2) is 28.6 Å². The minimum atomic E-state index is -1.06. The fourth-order valence-electron chi connectivity index (χ4n) is 1.68. The molecule has 3 nitrogen and oxygen atoms in total. The van der Waals surface area contributed by atoms with E-state index >= 15 is 0 Å². The van der Waals surface area contributed by atoms with Gasteiger partial charge in [-0.05, 0) is 37.5 Å². The molecule has 0 aliphatic rings. The van der Waals surface area contributed by atoms with Crippen LogP contribution in [0.5, 0.6) is 5.75 Å². The average molecular weight is 268 g/mol. The number of aryl methyl sites for hydroxylation is 1. The van der Waals surface area contributed by atoms with E-state index < -0.39 is 10.8 Å². The third-order valence-corrected chi connectivity index (χ3v) is 4.23. The van der Waals surface area contributed by atoms with Gasteiger partial charge in [0.2, 0.25) is 0 Å². The number of hydrogen-bond donors (Lipinski definition) is 0. The maximum atomic E-state index is 11.7. The number of ether oxygens (including phenoxy) is 1. The topological polar surface area (TPSA) is 43.4 Å². The molecule has 4 heteroatoms. The number of methoxy groups -OCH3 is 1. The van der Waals surface area contributed by atoms with Gasteiger partial charge in [0.25, 0.3) is 0 Å². The zero-order valence-corrected chi connectivity index (χ0v) is 12.0. The molecule has 0 aliphatic carbocycles. The van der Waals surface area contributed by atoms with Crippen LogP contribution in [0.15, 0.2) is 24.3 Å². The van der Waals surface area contributed by atoms with Gasteiger partial charge in [-0.2, -0.15) is 0 Å². The molecule has 0 saturated heterocycles. The van der Waals surface area contributed by atoms with Crippen LogP contribution in [0.3, 0.4) is 0 Å². The summed E-state index contributed by atoms with van der Waals surface area (Å²) in [6.45, 7) is 1.73. The summed E-state index contributed by atoms with van der Waals surface area (Å²) in [4.78, 5) is 11.7. The Morgan fingerprint density at radius 1 is 1.44 bits per heavy atom. The molecular formula is C14H20O3S. The Hall–Kier alpha value is -1.16. The second-order valence-corrected chi connectivity index (χ2v) is 6.02. The molecule has 0 heterocycles. The van der Waals surface area contributed by atoms with Crippen molar-refractivity contribution in [2.45, 2.75) is 31.4 Å². The van der Waals surface area contributed by atoms with E-state index in [4.69, 9.17) is 4.74 Å². The van der Waals surface area contributed by atoms with E-state index in [1.807, 2.05) is 24.3 Å². The largest absolute Gasteiger partial charge is 0.497 e. The molecule has 0 bridgehead atoms. The van der Waals surface area contributed by atoms with Crippen molar-refractivity contribution in [2.24, 2.45) is 0 Å². The van der Waals surface area contributed by atoms with Crippen molar-refractivity contribution < 1.29 is 13.7 Å². The van der Waals surface area contributed by atoms with Gasteiger partial charge in [0.05, 0.1) is 12.4 Å². The molecule has 0 radical (unpaired) electrons. The summed E-state index contributed by atoms with van der Waals surface area (Å²) >= 11 is 0. The van der Waals surface area contributed by atoms with E-state index in [0.29, 0.717) is 6.42 Å². The average Bonchev–Trinajstić information content (AvgIpc) is 2.37. The highest BCUT2D eigenvalue weighted by Gasteiger charge is 2.15. The Morgan fingerprint density at radius 2 is 2.17 bits per heavy atom. The zero-order chi connectivity index (χ0) is 13.5. The number of hydrogen-bond acceptors (Lipinski definition) is 3. The minimum absolute atomic E-state index is 0.0822. The smallest absolute Gasteiger partial charge is 0.148 e. The van der Waals surface area contributed by atoms with Crippen molar-refractivity contribution in [1.82, 2.24) is 0 Å². The lowest BCUT2D eigenvalue weighted by molar-refractivity contribution is -0.118. The summed E-state index contributed by atoms with van der Waals surface area (Å²) in [6.07, 6.45) is 3.68. The van der Waals surface area contributed by atoms with Crippen LogP contribution in [0.1, 0.15) is 25.3 Å². The lowest BCUT2D eigenvalue weighted by atomic mass is 10.1. The van der Waals surface area contributed by atoms with Crippen LogP contribution in [-0.2, 0) is 22.0 Å². The van der Waals surface area contributed by atoms with Crippen LogP contribution in [0.2, 0.25) is 0 Å². The summed E-state index contributed by atoms with van der Waals surface area (Å²) in [5, 5.41) is -0.352. The van der Waals surface area contributed by atoms with Gasteiger partial charge in [-0.1, -0.05) is 12.1 Å². The fourth-order valence-corrected chi connectivity index (χ4v) is 2.17. The van der Waals surface area contributed by atoms with Crippen LogP contribution in [0.25, 0.3) is 0 Å². The lowest BCUT2D eigenvalue weighted by Gasteiger charge is -2.07. The first-order valence-corrected chi connectivity index (χ1v) is 7.64. The molecule has 1 rings (SSSR count). The molecule has 0 fully saturated rings. The zero-order valence-electron chi connectivity index (χ0n) is 11.1. The molecule has 100 valence electrons. The van der Waals surface area contributed by atoms with Crippen molar-refractivity contribution in [3.63, 3.8) is 0 Å². The van der Waals surface area contributed by atoms with Crippen molar-refractivity contribution in [3.05, 3.63) is 29.8 Å². The molecule has 2 unspecified atom stereocenters. The molecule has 1 aromatic rings. The number of benzene rings is 1. The molecule has 0 aliphatic heterocycles. The summed E-state index contributed by atoms with van der Waals surface area (Å²) in [5.74, 6) is 0.917. The molecule has 0 spiro atoms. The maximum absolute atomic E-state index is 11.7. The monoisotopic (exact) mass is 268 g/mol. The van der Waals surface area contributed by atoms with Gasteiger partial charge >= 0.3 is 0 Å². The second kappa shape index (κ2) is 7.31. The Balaban J connectivity index is 2.41. The molecule has 1 aromatic carbocycles. The van der Waals surface area contributed by atoms with Crippen LogP contribution in [0, 0.1) is 0 Å². The van der Waals surface area contributed by atoms with Gasteiger partial charge in [-0.3, -0.25) is 9.00 Å². The van der Waals surface area contributed by atoms with Crippen LogP contribution >= 0.6 is 0 Å². The van der Waals surface area contributed by atoms with E-state index in [-0.39, 0.29) is 11.0 Å². The lowest BCUT2D eigenvalue weighted by Crippen LogP contribution is -2.21. The molecular weight excluding hydrogens is 248 g/mol. The van der Waals surface area contributed by atoms with Gasteiger partial charge in [0.1, 0.15) is 11.5 Å². The fraction of sp³-hybridized carbons (Fsp3) is 0.500. The van der Waals surface area contributed by atoms with E-state index in [1.54, 1.807) is 20.3 Å². The van der Waals surface area contributed by atoms with Gasteiger partial charge in [0, 0.05) is 23.5 Å². The van der Waals surface area contributed by atoms with Gasteiger partial charge in [-0.25, -0.2) is 0 Å². The first-order chi connectivity index (χ1) is 8.54. The summed E-state index contributed by atoms with van der Waals surface area (Å²) in [6, 6.07) is 7.84. The predicted octanol–water partition coefficient (Wildman–Crippen LogP) is 2.35. The summed E-state index contributed by atoms with van der Waals surface area (Å²) in [5.41, 5.74) is 1.16. The van der Waals surface area contributed by atoms with E-state index in [0.717, 1.165) is 24.2 Å². The van der Waals surface area contributed by atoms with Crippen molar-refractivity contribution in [1.29, 1.82) is 0 Å². The highest BCUT2D eigenvalue weighted by Crippen LogP contribution is 2.15. The van der Waals surface area contributed by atoms with Crippen LogP contribution in [0.4, 0.5) is 0 Å². The van der Waals surface area contributed by atoms with Crippen molar-refractivity contribution >= 4 is 16.6 Å². The maximum Gasteiger partial charge on any atom is 0.148 e. The molecule has 0 amide bonds. The number of carbonyl (C=O) groups is 1. The molecule has 0 N–H and O–H groups in total. The normalized spacial score (nSPS) is 13.9. The number of rotatable bonds is 7. The standard InChI is InChI=1S/C14H20O3S/c1-11(18(3)16)14(15)9-5-7-12-6-4-8-13(10-12)17-2/h4,6,8,10-11H,5,7,9H2,1-3H3. The molecule has 18 heavy (non-hydrogen) atoms. The second-order valence-electron chi connectivity index (χ2n) is 4.31. The molecule has 0 aromatic heterocycles. The number of ketones is 1. The van der Waals surface area contributed by atoms with Gasteiger partial charge in [-0.15, -0.1) is 0 Å². The van der Waals surface area contributed by atoms with Crippen molar-refractivity contribution in [3.8, 4) is 5.75 Å². The van der Waals surface area contributed by atoms with Gasteiger partial charge < -0.3 is 4.74 Å². The predicted molar refractivity (Wildman–Crippen MR) is 74.5 cm³/mol. The third kappa shape index (κ3) is 4.61. The minimum Gasteiger partial charge on any atom is -0.497 e. The van der Waals surface area contributed by atoms with E-state index in [2.05, 4.69) is 0 Å². The Labute approximate surface area is 111 Å². The summed E-state index contributed by atoms with van der Waals surface area (Å²) < 4.78 is 16.3. The molecule has 0 saturated carbocycles. The summed E-state index contributed by atoms with van der Waals surface area (Å²) in [7, 11) is 0.577. The van der Waals surface area contributed by atoms with Gasteiger partial charge in [0.15, 0.2) is 0 Å². The Bertz CT molecular complexity index is 429. The SMILES string of the molecule is COc1cccc(CCCC(=O)C(C)S(C)=O)c1. The quantitative estimate of drug-likeness (QED) is 0.762. The number of Topliss-reactive ketones (excluding diaryl/α,β-unsaturated/α-hetero) is 1. The Kier molecular flexibility index (Phi) is 6.05. The van der Waals surface area contributed by atoms with E-state index in [1.165, 1.54) is 0 Å². The first kappa shape index (κ1) is 14.9. The molecule has 2 atom stereocenters. The van der Waals surface area contributed by atoms with Crippen LogP contribution < -0.4 is 4.74 Å². The highest BCUT2D eigenvalue weighted by molar-refractivity contribution is 7.85. The highest BCUT2D eigenvalue weighted by atomic mass is 32.2. The Morgan fingerprint density at radius 3 is 2.78 bits per heavy atom. The van der Waals surface area contributed by atoms with E-state index in [9.17, 15) is 9.00 Å². The van der Waals surface area contributed by atoms with Crippen molar-refractivity contribution in [2.75, 3.05) is 13.4 Å². The number of carbonyl (C=O) groups excluding carboxylic acids is 1. The first-order valence-electron chi connectivity index (χ1n) is 6.02. The third-order valence-electron chi connectivity index (χ3n) is 2.97.